The van der Waals surface area contributed by atoms with Gasteiger partial charge < -0.3 is 10.2 Å². The number of ketones is 1. The molecule has 7 nitrogen and oxygen atoms in total. The van der Waals surface area contributed by atoms with Crippen LogP contribution in [0.1, 0.15) is 65.1 Å². The molecule has 178 valence electrons. The summed E-state index contributed by atoms with van der Waals surface area (Å²) in [5, 5.41) is 7.46. The highest BCUT2D eigenvalue weighted by Gasteiger charge is 2.33. The third kappa shape index (κ3) is 4.75. The fraction of sp³-hybridized carbons (Fsp3) is 0.481. The second-order valence-corrected chi connectivity index (χ2v) is 10.6. The van der Waals surface area contributed by atoms with Crippen molar-refractivity contribution in [2.24, 2.45) is 11.3 Å². The van der Waals surface area contributed by atoms with Crippen molar-refractivity contribution in [1.29, 1.82) is 0 Å². The third-order valence-corrected chi connectivity index (χ3v) is 7.24. The molecule has 1 amide bonds. The highest BCUT2D eigenvalue weighted by molar-refractivity contribution is 6.01. The molecule has 2 aromatic heterocycles. The number of carbonyl (C=O) groups excluding carboxylic acids is 2. The van der Waals surface area contributed by atoms with Crippen LogP contribution in [0.5, 0.6) is 0 Å². The maximum absolute atomic E-state index is 12.9. The molecule has 0 spiro atoms. The molecule has 0 unspecified atom stereocenters. The number of aromatic nitrogens is 3. The summed E-state index contributed by atoms with van der Waals surface area (Å²) in [6, 6.07) is 10.7. The summed E-state index contributed by atoms with van der Waals surface area (Å²) in [6.45, 7) is 7.75. The molecule has 5 rings (SSSR count). The average molecular weight is 460 g/mol. The maximum Gasteiger partial charge on any atom is 0.256 e. The number of carbonyl (C=O) groups is 2. The Morgan fingerprint density at radius 2 is 1.88 bits per heavy atom. The van der Waals surface area contributed by atoms with E-state index < -0.39 is 0 Å². The zero-order chi connectivity index (χ0) is 23.7. The number of nitrogens with zero attached hydrogens (tertiary/aromatic N) is 4. The number of benzene rings is 1. The number of likely N-dealkylation sites (tertiary alicyclic amines) is 1. The topological polar surface area (TPSA) is 79.6 Å². The van der Waals surface area contributed by atoms with Crippen LogP contribution in [0.15, 0.2) is 42.7 Å². The summed E-state index contributed by atoms with van der Waals surface area (Å²) in [5.41, 5.74) is 3.75. The standard InChI is InChI=1S/C27H33N5O2/c1-27(2)15-23-21(24(33)16-27)17-29-25-22(18-30-32(23)25)26(34)28-10-13-31-11-8-20(9-12-31)14-19-6-4-3-5-7-19/h3-7,17-18,20H,8-16H2,1-2H3,(H,28,34). The molecule has 0 bridgehead atoms. The van der Waals surface area contributed by atoms with Crippen molar-refractivity contribution in [3.8, 4) is 0 Å². The molecular formula is C27H33N5O2. The molecule has 1 aliphatic carbocycles. The second-order valence-electron chi connectivity index (χ2n) is 10.6. The first-order chi connectivity index (χ1) is 16.4. The van der Waals surface area contributed by atoms with Gasteiger partial charge in [0.15, 0.2) is 11.4 Å². The molecule has 3 aromatic rings. The first-order valence-electron chi connectivity index (χ1n) is 12.3. The number of piperidine rings is 1. The Kier molecular flexibility index (Phi) is 6.21. The molecule has 1 saturated heterocycles. The van der Waals surface area contributed by atoms with Crippen LogP contribution in [0.4, 0.5) is 0 Å². The summed E-state index contributed by atoms with van der Waals surface area (Å²) >= 11 is 0. The lowest BCUT2D eigenvalue weighted by molar-refractivity contribution is 0.0907. The van der Waals surface area contributed by atoms with Crippen molar-refractivity contribution in [1.82, 2.24) is 24.8 Å². The molecule has 1 fully saturated rings. The van der Waals surface area contributed by atoms with Crippen molar-refractivity contribution < 1.29 is 9.59 Å². The summed E-state index contributed by atoms with van der Waals surface area (Å²) < 4.78 is 1.68. The molecule has 1 N–H and O–H groups in total. The fourth-order valence-corrected chi connectivity index (χ4v) is 5.37. The van der Waals surface area contributed by atoms with E-state index in [1.54, 1.807) is 16.9 Å². The lowest BCUT2D eigenvalue weighted by atomic mass is 9.76. The quantitative estimate of drug-likeness (QED) is 0.610. The van der Waals surface area contributed by atoms with Crippen LogP contribution >= 0.6 is 0 Å². The largest absolute Gasteiger partial charge is 0.351 e. The van der Waals surface area contributed by atoms with Crippen LogP contribution in [0.2, 0.25) is 0 Å². The van der Waals surface area contributed by atoms with Gasteiger partial charge in [0.2, 0.25) is 0 Å². The van der Waals surface area contributed by atoms with Crippen LogP contribution in [-0.2, 0) is 12.8 Å². The number of hydrogen-bond acceptors (Lipinski definition) is 5. The number of rotatable bonds is 6. The van der Waals surface area contributed by atoms with Gasteiger partial charge in [-0.15, -0.1) is 0 Å². The summed E-state index contributed by atoms with van der Waals surface area (Å²) in [4.78, 5) is 32.3. The lowest BCUT2D eigenvalue weighted by Gasteiger charge is -2.32. The lowest BCUT2D eigenvalue weighted by Crippen LogP contribution is -2.40. The normalized spacial score (nSPS) is 18.7. The van der Waals surface area contributed by atoms with Crippen molar-refractivity contribution in [3.05, 3.63) is 65.1 Å². The van der Waals surface area contributed by atoms with Gasteiger partial charge in [0.1, 0.15) is 5.56 Å². The van der Waals surface area contributed by atoms with Crippen LogP contribution in [0.25, 0.3) is 5.65 Å². The Hall–Kier alpha value is -3.06. The monoisotopic (exact) mass is 459 g/mol. The molecular weight excluding hydrogens is 426 g/mol. The third-order valence-electron chi connectivity index (χ3n) is 7.24. The highest BCUT2D eigenvalue weighted by atomic mass is 16.1. The van der Waals surface area contributed by atoms with Gasteiger partial charge in [-0.05, 0) is 55.7 Å². The first-order valence-corrected chi connectivity index (χ1v) is 12.3. The van der Waals surface area contributed by atoms with E-state index in [0.29, 0.717) is 29.7 Å². The van der Waals surface area contributed by atoms with E-state index >= 15 is 0 Å². The molecule has 0 saturated carbocycles. The molecule has 7 heteroatoms. The van der Waals surface area contributed by atoms with Crippen molar-refractivity contribution in [2.75, 3.05) is 26.2 Å². The molecule has 34 heavy (non-hydrogen) atoms. The first kappa shape index (κ1) is 22.7. The van der Waals surface area contributed by atoms with E-state index in [4.69, 9.17) is 0 Å². The summed E-state index contributed by atoms with van der Waals surface area (Å²) in [7, 11) is 0. The van der Waals surface area contributed by atoms with E-state index in [1.165, 1.54) is 18.4 Å². The molecule has 0 radical (unpaired) electrons. The van der Waals surface area contributed by atoms with Crippen molar-refractivity contribution >= 4 is 17.3 Å². The zero-order valence-corrected chi connectivity index (χ0v) is 20.1. The zero-order valence-electron chi connectivity index (χ0n) is 20.1. The molecule has 3 heterocycles. The van der Waals surface area contributed by atoms with Gasteiger partial charge in [0.05, 0.1) is 17.5 Å². The number of amides is 1. The van der Waals surface area contributed by atoms with Crippen LogP contribution in [-0.4, -0.2) is 57.4 Å². The number of fused-ring (bicyclic) bond motifs is 3. The van der Waals surface area contributed by atoms with E-state index in [2.05, 4.69) is 64.5 Å². The molecule has 1 aromatic carbocycles. The second kappa shape index (κ2) is 9.29. The smallest absolute Gasteiger partial charge is 0.256 e. The van der Waals surface area contributed by atoms with E-state index in [-0.39, 0.29) is 17.1 Å². The Morgan fingerprint density at radius 1 is 1.12 bits per heavy atom. The maximum atomic E-state index is 12.9. The fourth-order valence-electron chi connectivity index (χ4n) is 5.37. The van der Waals surface area contributed by atoms with E-state index in [9.17, 15) is 9.59 Å². The number of Topliss-reactive ketones (excluding diaryl/α,β-unsaturated/α-hetero) is 1. The van der Waals surface area contributed by atoms with Gasteiger partial charge in [-0.25, -0.2) is 9.50 Å². The Balaban J connectivity index is 1.15. The van der Waals surface area contributed by atoms with Crippen molar-refractivity contribution in [3.63, 3.8) is 0 Å². The molecule has 2 aliphatic rings. The predicted molar refractivity (Wildman–Crippen MR) is 131 cm³/mol. The average Bonchev–Trinajstić information content (AvgIpc) is 3.25. The van der Waals surface area contributed by atoms with E-state index in [1.807, 2.05) is 0 Å². The van der Waals surface area contributed by atoms with Gasteiger partial charge in [-0.2, -0.15) is 5.10 Å². The predicted octanol–water partition coefficient (Wildman–Crippen LogP) is 3.57. The minimum Gasteiger partial charge on any atom is -0.351 e. The Labute approximate surface area is 200 Å². The minimum atomic E-state index is -0.164. The van der Waals surface area contributed by atoms with Gasteiger partial charge >= 0.3 is 0 Å². The number of nitrogens with one attached hydrogen (secondary N) is 1. The van der Waals surface area contributed by atoms with Gasteiger partial charge in [0, 0.05) is 25.7 Å². The van der Waals surface area contributed by atoms with Crippen LogP contribution < -0.4 is 5.32 Å². The number of hydrogen-bond donors (Lipinski definition) is 1. The summed E-state index contributed by atoms with van der Waals surface area (Å²) in [6.07, 6.45) is 7.96. The van der Waals surface area contributed by atoms with E-state index in [0.717, 1.165) is 44.1 Å². The van der Waals surface area contributed by atoms with Gasteiger partial charge in [-0.1, -0.05) is 44.2 Å². The SMILES string of the molecule is CC1(C)CC(=O)c2cnc3c(C(=O)NCCN4CCC(Cc5ccccc5)CC4)cnn3c2C1. The van der Waals surface area contributed by atoms with Crippen molar-refractivity contribution in [2.45, 2.75) is 46.0 Å². The minimum absolute atomic E-state index is 0.0923. The van der Waals surface area contributed by atoms with Crippen LogP contribution in [0.3, 0.4) is 0 Å². The highest BCUT2D eigenvalue weighted by Crippen LogP contribution is 2.34. The van der Waals surface area contributed by atoms with Crippen LogP contribution in [0, 0.1) is 11.3 Å². The molecule has 1 aliphatic heterocycles. The van der Waals surface area contributed by atoms with Gasteiger partial charge in [-0.3, -0.25) is 9.59 Å². The Bertz CT molecular complexity index is 1190. The van der Waals surface area contributed by atoms with Gasteiger partial charge in [0.25, 0.3) is 5.91 Å². The molecule has 0 atom stereocenters. The summed E-state index contributed by atoms with van der Waals surface area (Å²) in [5.74, 6) is 0.665. The Morgan fingerprint density at radius 3 is 2.65 bits per heavy atom.